The summed E-state index contributed by atoms with van der Waals surface area (Å²) >= 11 is 0. The summed E-state index contributed by atoms with van der Waals surface area (Å²) in [6.07, 6.45) is 2.15. The molecule has 2 amide bonds. The van der Waals surface area contributed by atoms with Crippen molar-refractivity contribution < 1.29 is 28.6 Å². The molecule has 1 aliphatic heterocycles. The number of halogens is 1. The average molecular weight is 590 g/mol. The van der Waals surface area contributed by atoms with Gasteiger partial charge >= 0.3 is 12.1 Å². The zero-order chi connectivity index (χ0) is 30.6. The standard InChI is InChI=1S/C32H36FN5O5/c1-32(2,3)43-31(42)34-22(15-33)17-37-10-9-19-11-26-24(14-23(19)29(37)39)35-28(36(26)4)27-12-20-7-8-21(30(40)41)13-25(20)38(27)16-18-5-6-18/h7-8,11-14,18,22H,5-6,9-10,15-17H2,1-4H3,(H,34,42)(H,40,41)/t22-/m1/s1. The van der Waals surface area contributed by atoms with Gasteiger partial charge in [0.2, 0.25) is 0 Å². The minimum Gasteiger partial charge on any atom is -0.478 e. The number of nitrogens with zero attached hydrogens (tertiary/aromatic N) is 4. The predicted molar refractivity (Wildman–Crippen MR) is 160 cm³/mol. The lowest BCUT2D eigenvalue weighted by molar-refractivity contribution is 0.0465. The number of rotatable bonds is 8. The second-order valence-corrected chi connectivity index (χ2v) is 12.7. The zero-order valence-corrected chi connectivity index (χ0v) is 24.8. The molecule has 1 atom stereocenters. The number of alkyl halides is 1. The van der Waals surface area contributed by atoms with Crippen LogP contribution in [0.25, 0.3) is 33.5 Å². The van der Waals surface area contributed by atoms with Gasteiger partial charge in [0.1, 0.15) is 12.3 Å². The van der Waals surface area contributed by atoms with Crippen LogP contribution in [0.15, 0.2) is 36.4 Å². The zero-order valence-electron chi connectivity index (χ0n) is 24.8. The molecular formula is C32H36FN5O5. The number of aromatic carboxylic acids is 1. The van der Waals surface area contributed by atoms with Gasteiger partial charge in [0.05, 0.1) is 28.3 Å². The molecule has 1 fully saturated rings. The van der Waals surface area contributed by atoms with Gasteiger partial charge in [-0.1, -0.05) is 6.07 Å². The Bertz CT molecular complexity index is 1760. The Labute approximate surface area is 248 Å². The van der Waals surface area contributed by atoms with Crippen LogP contribution in [0.5, 0.6) is 0 Å². The van der Waals surface area contributed by atoms with Crippen LogP contribution < -0.4 is 5.32 Å². The summed E-state index contributed by atoms with van der Waals surface area (Å²) in [4.78, 5) is 44.0. The van der Waals surface area contributed by atoms with Crippen LogP contribution in [-0.4, -0.2) is 73.5 Å². The Morgan fingerprint density at radius 2 is 1.93 bits per heavy atom. The van der Waals surface area contributed by atoms with Gasteiger partial charge in [-0.05, 0) is 81.8 Å². The first kappa shape index (κ1) is 28.7. The third kappa shape index (κ3) is 5.68. The highest BCUT2D eigenvalue weighted by Crippen LogP contribution is 2.37. The number of hydrogen-bond donors (Lipinski definition) is 2. The third-order valence-corrected chi connectivity index (χ3v) is 8.14. The molecule has 0 saturated heterocycles. The van der Waals surface area contributed by atoms with Crippen LogP contribution in [0, 0.1) is 5.92 Å². The second kappa shape index (κ2) is 10.7. The maximum Gasteiger partial charge on any atom is 0.408 e. The van der Waals surface area contributed by atoms with Crippen molar-refractivity contribution in [3.8, 4) is 11.5 Å². The summed E-state index contributed by atoms with van der Waals surface area (Å²) in [6.45, 7) is 5.56. The van der Waals surface area contributed by atoms with Gasteiger partial charge in [-0.2, -0.15) is 0 Å². The van der Waals surface area contributed by atoms with E-state index in [0.717, 1.165) is 52.9 Å². The molecule has 0 spiro atoms. The van der Waals surface area contributed by atoms with E-state index in [1.54, 1.807) is 43.9 Å². The molecule has 2 N–H and O–H groups in total. The molecule has 2 aromatic heterocycles. The molecule has 43 heavy (non-hydrogen) atoms. The monoisotopic (exact) mass is 589 g/mol. The number of hydrogen-bond acceptors (Lipinski definition) is 5. The van der Waals surface area contributed by atoms with E-state index in [2.05, 4.69) is 9.88 Å². The molecular weight excluding hydrogens is 553 g/mol. The minimum atomic E-state index is -0.965. The van der Waals surface area contributed by atoms with E-state index in [1.807, 2.05) is 29.8 Å². The summed E-state index contributed by atoms with van der Waals surface area (Å²) < 4.78 is 23.3. The highest BCUT2D eigenvalue weighted by atomic mass is 19.1. The van der Waals surface area contributed by atoms with E-state index in [4.69, 9.17) is 9.72 Å². The fourth-order valence-electron chi connectivity index (χ4n) is 5.82. The number of carbonyl (C=O) groups excluding carboxylic acids is 2. The van der Waals surface area contributed by atoms with Crippen molar-refractivity contribution in [2.45, 2.75) is 58.2 Å². The van der Waals surface area contributed by atoms with Gasteiger partial charge < -0.3 is 29.2 Å². The van der Waals surface area contributed by atoms with Crippen molar-refractivity contribution in [1.82, 2.24) is 24.3 Å². The molecule has 1 saturated carbocycles. The molecule has 2 aliphatic rings. The Kier molecular flexibility index (Phi) is 7.14. The average Bonchev–Trinajstić information content (AvgIpc) is 3.62. The van der Waals surface area contributed by atoms with Gasteiger partial charge in [-0.25, -0.2) is 19.0 Å². The molecule has 0 bridgehead atoms. The smallest absolute Gasteiger partial charge is 0.408 e. The number of carbonyl (C=O) groups is 3. The van der Waals surface area contributed by atoms with Crippen molar-refractivity contribution in [3.63, 3.8) is 0 Å². The Hall–Kier alpha value is -4.41. The van der Waals surface area contributed by atoms with Gasteiger partial charge in [-0.3, -0.25) is 4.79 Å². The van der Waals surface area contributed by atoms with Crippen molar-refractivity contribution in [1.29, 1.82) is 0 Å². The van der Waals surface area contributed by atoms with E-state index >= 15 is 0 Å². The number of nitrogens with one attached hydrogen (secondary N) is 1. The lowest BCUT2D eigenvalue weighted by Gasteiger charge is -2.31. The number of amides is 2. The molecule has 2 aromatic carbocycles. The van der Waals surface area contributed by atoms with Gasteiger partial charge in [0.25, 0.3) is 5.91 Å². The number of fused-ring (bicyclic) bond motifs is 3. The highest BCUT2D eigenvalue weighted by Gasteiger charge is 2.30. The molecule has 3 heterocycles. The Morgan fingerprint density at radius 3 is 2.60 bits per heavy atom. The lowest BCUT2D eigenvalue weighted by Crippen LogP contribution is -2.50. The molecule has 6 rings (SSSR count). The van der Waals surface area contributed by atoms with E-state index in [-0.39, 0.29) is 18.0 Å². The van der Waals surface area contributed by atoms with E-state index in [0.29, 0.717) is 30.0 Å². The van der Waals surface area contributed by atoms with E-state index in [9.17, 15) is 23.9 Å². The van der Waals surface area contributed by atoms with E-state index in [1.165, 1.54) is 0 Å². The molecule has 1 aliphatic carbocycles. The van der Waals surface area contributed by atoms with Crippen LogP contribution >= 0.6 is 0 Å². The lowest BCUT2D eigenvalue weighted by atomic mass is 9.97. The third-order valence-electron chi connectivity index (χ3n) is 8.14. The SMILES string of the molecule is Cn1c(-c2cc3ccc(C(=O)O)cc3n2CC2CC2)nc2cc3c(cc21)CCN(C[C@@H](CF)NC(=O)OC(C)(C)C)C3=O. The van der Waals surface area contributed by atoms with Crippen molar-refractivity contribution in [2.75, 3.05) is 19.8 Å². The number of carboxylic acid groups (broad SMARTS) is 1. The van der Waals surface area contributed by atoms with Gasteiger partial charge in [0.15, 0.2) is 5.82 Å². The van der Waals surface area contributed by atoms with Crippen LogP contribution in [0.3, 0.4) is 0 Å². The summed E-state index contributed by atoms with van der Waals surface area (Å²) in [7, 11) is 1.95. The first-order chi connectivity index (χ1) is 20.4. The normalized spacial score (nSPS) is 16.0. The topological polar surface area (TPSA) is 119 Å². The van der Waals surface area contributed by atoms with Crippen LogP contribution in [0.2, 0.25) is 0 Å². The summed E-state index contributed by atoms with van der Waals surface area (Å²) in [6, 6.07) is 10.1. The number of ether oxygens (including phenoxy) is 1. The highest BCUT2D eigenvalue weighted by molar-refractivity contribution is 6.01. The van der Waals surface area contributed by atoms with Crippen molar-refractivity contribution in [3.05, 3.63) is 53.1 Å². The fraction of sp³-hybridized carbons (Fsp3) is 0.438. The fourth-order valence-corrected chi connectivity index (χ4v) is 5.82. The number of aromatic nitrogens is 3. The van der Waals surface area contributed by atoms with Crippen LogP contribution in [0.1, 0.15) is 59.9 Å². The molecule has 4 aromatic rings. The van der Waals surface area contributed by atoms with Crippen LogP contribution in [-0.2, 0) is 24.8 Å². The summed E-state index contributed by atoms with van der Waals surface area (Å²) in [5.41, 5.74) is 4.24. The minimum absolute atomic E-state index is 0.0269. The number of aryl methyl sites for hydroxylation is 1. The van der Waals surface area contributed by atoms with Crippen molar-refractivity contribution >= 4 is 39.9 Å². The van der Waals surface area contributed by atoms with Crippen molar-refractivity contribution in [2.24, 2.45) is 13.0 Å². The molecule has 10 nitrogen and oxygen atoms in total. The summed E-state index contributed by atoms with van der Waals surface area (Å²) in [5, 5.41) is 13.1. The molecule has 226 valence electrons. The maximum absolute atomic E-state index is 13.8. The van der Waals surface area contributed by atoms with Gasteiger partial charge in [0, 0.05) is 43.1 Å². The Morgan fingerprint density at radius 1 is 1.16 bits per heavy atom. The largest absolute Gasteiger partial charge is 0.478 e. The first-order valence-electron chi connectivity index (χ1n) is 14.6. The first-order valence-corrected chi connectivity index (χ1v) is 14.6. The quantitative estimate of drug-likeness (QED) is 0.293. The number of benzene rings is 2. The second-order valence-electron chi connectivity index (χ2n) is 12.7. The number of imidazole rings is 1. The van der Waals surface area contributed by atoms with Gasteiger partial charge in [-0.15, -0.1) is 0 Å². The number of alkyl carbamates (subject to hydrolysis) is 1. The molecule has 11 heteroatoms. The van der Waals surface area contributed by atoms with E-state index < -0.39 is 30.4 Å². The predicted octanol–water partition coefficient (Wildman–Crippen LogP) is 5.16. The summed E-state index contributed by atoms with van der Waals surface area (Å²) in [5.74, 6) is 0.0813. The molecule has 0 unspecified atom stereocenters. The number of carboxylic acids is 1. The molecule has 0 radical (unpaired) electrons. The Balaban J connectivity index is 1.31. The van der Waals surface area contributed by atoms with Crippen LogP contribution in [0.4, 0.5) is 9.18 Å². The maximum atomic E-state index is 13.8.